The summed E-state index contributed by atoms with van der Waals surface area (Å²) in [4.78, 5) is 11.8. The van der Waals surface area contributed by atoms with Crippen LogP contribution in [0, 0.1) is 13.8 Å². The van der Waals surface area contributed by atoms with E-state index in [1.165, 1.54) is 22.3 Å². The highest BCUT2D eigenvalue weighted by atomic mass is 16.5. The number of hydrogen-bond acceptors (Lipinski definition) is 2. The quantitative estimate of drug-likeness (QED) is 0.108. The van der Waals surface area contributed by atoms with E-state index in [1.807, 2.05) is 24.3 Å². The molecule has 184 valence electrons. The normalized spacial score (nSPS) is 11.8. The van der Waals surface area contributed by atoms with Crippen molar-refractivity contribution < 1.29 is 9.53 Å². The zero-order valence-corrected chi connectivity index (χ0v) is 21.7. The lowest BCUT2D eigenvalue weighted by Gasteiger charge is -2.22. The monoisotopic (exact) mass is 484 g/mol. The highest BCUT2D eigenvalue weighted by Crippen LogP contribution is 2.37. The van der Waals surface area contributed by atoms with Crippen LogP contribution in [0.15, 0.2) is 116 Å². The highest BCUT2D eigenvalue weighted by Gasteiger charge is 2.19. The van der Waals surface area contributed by atoms with E-state index in [-0.39, 0.29) is 5.92 Å². The van der Waals surface area contributed by atoms with Crippen LogP contribution >= 0.6 is 0 Å². The van der Waals surface area contributed by atoms with Crippen LogP contribution in [0.3, 0.4) is 0 Å². The van der Waals surface area contributed by atoms with E-state index in [2.05, 4.69) is 106 Å². The molecule has 37 heavy (non-hydrogen) atoms. The lowest BCUT2D eigenvalue weighted by atomic mass is 9.82. The second kappa shape index (κ2) is 11.5. The minimum atomic E-state index is -0.424. The van der Waals surface area contributed by atoms with Gasteiger partial charge < -0.3 is 4.74 Å². The van der Waals surface area contributed by atoms with Crippen molar-refractivity contribution >= 4 is 23.7 Å². The smallest absolute Gasteiger partial charge is 0.338 e. The van der Waals surface area contributed by atoms with Gasteiger partial charge in [-0.3, -0.25) is 0 Å². The summed E-state index contributed by atoms with van der Waals surface area (Å²) in [6.07, 6.45) is 4.06. The van der Waals surface area contributed by atoms with Gasteiger partial charge in [0.1, 0.15) is 5.75 Å². The molecule has 0 fully saturated rings. The van der Waals surface area contributed by atoms with Crippen molar-refractivity contribution in [1.29, 1.82) is 0 Å². The van der Waals surface area contributed by atoms with Gasteiger partial charge in [-0.15, -0.1) is 0 Å². The molecule has 0 saturated heterocycles. The van der Waals surface area contributed by atoms with Crippen LogP contribution < -0.4 is 4.74 Å². The van der Waals surface area contributed by atoms with Gasteiger partial charge in [0, 0.05) is 11.5 Å². The topological polar surface area (TPSA) is 26.3 Å². The average molecular weight is 485 g/mol. The molecule has 0 radical (unpaired) electrons. The summed E-state index contributed by atoms with van der Waals surface area (Å²) in [6, 6.07) is 33.3. The molecular formula is C35H32O2. The first-order chi connectivity index (χ1) is 17.8. The van der Waals surface area contributed by atoms with E-state index in [9.17, 15) is 4.79 Å². The Balaban J connectivity index is 1.58. The largest absolute Gasteiger partial charge is 0.423 e. The molecule has 4 aromatic rings. The minimum absolute atomic E-state index is 0.0565. The fourth-order valence-corrected chi connectivity index (χ4v) is 4.16. The van der Waals surface area contributed by atoms with Gasteiger partial charge in [0.15, 0.2) is 0 Å². The van der Waals surface area contributed by atoms with Crippen molar-refractivity contribution in [1.82, 2.24) is 0 Å². The van der Waals surface area contributed by atoms with Crippen molar-refractivity contribution in [2.45, 2.75) is 26.7 Å². The molecule has 2 nitrogen and oxygen atoms in total. The van der Waals surface area contributed by atoms with E-state index in [1.54, 1.807) is 13.0 Å². The van der Waals surface area contributed by atoms with Gasteiger partial charge >= 0.3 is 5.97 Å². The Morgan fingerprint density at radius 1 is 0.730 bits per heavy atom. The summed E-state index contributed by atoms with van der Waals surface area (Å²) in [5, 5.41) is 0. The standard InChI is InChI=1S/C35H32O2/c1-24(2)35(36)37-33-8-6-7-29(23-33)14-13-28-15-21-32(22-16-28)34(31-19-11-26(4)12-20-31)27(5)30-17-9-25(3)10-18-30/h6-23,34H,1,5H2,2-4H3/b14-13-. The van der Waals surface area contributed by atoms with Crippen molar-refractivity contribution in [2.75, 3.05) is 0 Å². The first kappa shape index (κ1) is 25.7. The summed E-state index contributed by atoms with van der Waals surface area (Å²) in [5.41, 5.74) is 9.51. The summed E-state index contributed by atoms with van der Waals surface area (Å²) in [6.45, 7) is 14.0. The molecule has 0 amide bonds. The number of carbonyl (C=O) groups is 1. The molecule has 0 aromatic heterocycles. The van der Waals surface area contributed by atoms with Gasteiger partial charge in [0.2, 0.25) is 0 Å². The Bertz CT molecular complexity index is 1440. The Morgan fingerprint density at radius 2 is 1.27 bits per heavy atom. The Hall–Kier alpha value is -4.43. The predicted molar refractivity (Wildman–Crippen MR) is 155 cm³/mol. The molecule has 0 bridgehead atoms. The number of allylic oxidation sites excluding steroid dienone is 1. The first-order valence-corrected chi connectivity index (χ1v) is 12.4. The molecule has 0 saturated carbocycles. The minimum Gasteiger partial charge on any atom is -0.423 e. The SMILES string of the molecule is C=C(C)C(=O)Oc1cccc(/C=C\c2ccc(C(C(=C)c3ccc(C)cc3)c3ccc(C)cc3)cc2)c1. The van der Waals surface area contributed by atoms with E-state index in [0.29, 0.717) is 11.3 Å². The van der Waals surface area contributed by atoms with Gasteiger partial charge in [-0.1, -0.05) is 121 Å². The maximum Gasteiger partial charge on any atom is 0.338 e. The van der Waals surface area contributed by atoms with Crippen LogP contribution in [-0.4, -0.2) is 5.97 Å². The van der Waals surface area contributed by atoms with Gasteiger partial charge in [-0.25, -0.2) is 4.79 Å². The van der Waals surface area contributed by atoms with Crippen LogP contribution in [-0.2, 0) is 4.79 Å². The van der Waals surface area contributed by atoms with Gasteiger partial charge in [-0.2, -0.15) is 0 Å². The van der Waals surface area contributed by atoms with Crippen LogP contribution in [0.1, 0.15) is 51.8 Å². The Labute approximate surface area is 220 Å². The third-order valence-corrected chi connectivity index (χ3v) is 6.34. The number of carbonyl (C=O) groups excluding carboxylic acids is 1. The molecule has 0 aliphatic carbocycles. The molecule has 0 heterocycles. The molecule has 4 rings (SSSR count). The molecule has 0 aliphatic rings. The maximum atomic E-state index is 11.8. The number of hydrogen-bond donors (Lipinski definition) is 0. The maximum absolute atomic E-state index is 11.8. The van der Waals surface area contributed by atoms with Crippen molar-refractivity contribution in [3.05, 3.63) is 155 Å². The fourth-order valence-electron chi connectivity index (χ4n) is 4.16. The molecule has 0 aliphatic heterocycles. The second-order valence-corrected chi connectivity index (χ2v) is 9.48. The Morgan fingerprint density at radius 3 is 1.86 bits per heavy atom. The molecule has 2 heteroatoms. The van der Waals surface area contributed by atoms with Crippen LogP contribution in [0.25, 0.3) is 17.7 Å². The number of benzene rings is 4. The predicted octanol–water partition coefficient (Wildman–Crippen LogP) is 8.80. The van der Waals surface area contributed by atoms with Crippen molar-refractivity contribution in [3.8, 4) is 5.75 Å². The third-order valence-electron chi connectivity index (χ3n) is 6.34. The van der Waals surface area contributed by atoms with Crippen molar-refractivity contribution in [3.63, 3.8) is 0 Å². The molecule has 0 spiro atoms. The summed E-state index contributed by atoms with van der Waals surface area (Å²) in [7, 11) is 0. The van der Waals surface area contributed by atoms with Crippen LogP contribution in [0.5, 0.6) is 5.75 Å². The zero-order valence-electron chi connectivity index (χ0n) is 21.7. The summed E-state index contributed by atoms with van der Waals surface area (Å²) in [5.74, 6) is 0.133. The average Bonchev–Trinajstić information content (AvgIpc) is 2.90. The van der Waals surface area contributed by atoms with Crippen LogP contribution in [0.4, 0.5) is 0 Å². The Kier molecular flexibility index (Phi) is 8.00. The summed E-state index contributed by atoms with van der Waals surface area (Å²) >= 11 is 0. The number of esters is 1. The van der Waals surface area contributed by atoms with E-state index in [4.69, 9.17) is 4.74 Å². The first-order valence-electron chi connectivity index (χ1n) is 12.4. The number of aryl methyl sites for hydroxylation is 2. The van der Waals surface area contributed by atoms with Gasteiger partial charge in [-0.05, 0) is 66.3 Å². The zero-order chi connectivity index (χ0) is 26.4. The van der Waals surface area contributed by atoms with Crippen LogP contribution in [0.2, 0.25) is 0 Å². The third kappa shape index (κ3) is 6.62. The molecule has 1 unspecified atom stereocenters. The number of ether oxygens (including phenoxy) is 1. The highest BCUT2D eigenvalue weighted by molar-refractivity contribution is 5.89. The second-order valence-electron chi connectivity index (χ2n) is 9.48. The van der Waals surface area contributed by atoms with Gasteiger partial charge in [0.05, 0.1) is 0 Å². The van der Waals surface area contributed by atoms with E-state index >= 15 is 0 Å². The van der Waals surface area contributed by atoms with Gasteiger partial charge in [0.25, 0.3) is 0 Å². The molecule has 4 aromatic carbocycles. The van der Waals surface area contributed by atoms with E-state index < -0.39 is 5.97 Å². The summed E-state index contributed by atoms with van der Waals surface area (Å²) < 4.78 is 5.34. The molecular weight excluding hydrogens is 452 g/mol. The number of rotatable bonds is 8. The fraction of sp³-hybridized carbons (Fsp3) is 0.114. The molecule has 1 atom stereocenters. The van der Waals surface area contributed by atoms with E-state index in [0.717, 1.165) is 22.3 Å². The van der Waals surface area contributed by atoms with Crippen molar-refractivity contribution in [2.24, 2.45) is 0 Å². The lowest BCUT2D eigenvalue weighted by Crippen LogP contribution is -2.08. The lowest BCUT2D eigenvalue weighted by molar-refractivity contribution is -0.130. The molecule has 0 N–H and O–H groups in total.